The maximum atomic E-state index is 13.0. The summed E-state index contributed by atoms with van der Waals surface area (Å²) in [6, 6.07) is 15.5. The average molecular weight is 475 g/mol. The second-order valence-electron chi connectivity index (χ2n) is 8.41. The molecule has 0 radical (unpaired) electrons. The van der Waals surface area contributed by atoms with Gasteiger partial charge in [-0.1, -0.05) is 36.4 Å². The van der Waals surface area contributed by atoms with E-state index in [1.54, 1.807) is 22.5 Å². The summed E-state index contributed by atoms with van der Waals surface area (Å²) in [5, 5.41) is 4.58. The normalized spacial score (nSPS) is 13.6. The van der Waals surface area contributed by atoms with Crippen LogP contribution < -0.4 is 5.32 Å². The van der Waals surface area contributed by atoms with Gasteiger partial charge in [-0.05, 0) is 25.0 Å². The molecule has 0 aliphatic carbocycles. The topological polar surface area (TPSA) is 87.2 Å². The predicted octanol–water partition coefficient (Wildman–Crippen LogP) is 3.84. The molecular formula is C26H26N4O3S. The van der Waals surface area contributed by atoms with Crippen molar-refractivity contribution < 1.29 is 14.4 Å². The zero-order valence-electron chi connectivity index (χ0n) is 18.8. The number of fused-ring (bicyclic) bond motifs is 2. The Morgan fingerprint density at radius 3 is 2.53 bits per heavy atom. The number of amides is 2. The zero-order valence-corrected chi connectivity index (χ0v) is 19.6. The molecule has 0 spiro atoms. The highest BCUT2D eigenvalue weighted by molar-refractivity contribution is 7.99. The fraction of sp³-hybridized carbons (Fsp3) is 0.269. The van der Waals surface area contributed by atoms with Gasteiger partial charge in [-0.15, -0.1) is 11.8 Å². The number of ketones is 1. The van der Waals surface area contributed by atoms with E-state index in [-0.39, 0.29) is 12.5 Å². The summed E-state index contributed by atoms with van der Waals surface area (Å²) >= 11 is 1.63. The lowest BCUT2D eigenvalue weighted by molar-refractivity contribution is -0.130. The first kappa shape index (κ1) is 22.3. The van der Waals surface area contributed by atoms with Gasteiger partial charge >= 0.3 is 0 Å². The van der Waals surface area contributed by atoms with Crippen molar-refractivity contribution in [3.63, 3.8) is 0 Å². The number of carbonyl (C=O) groups excluding carboxylic acids is 3. The van der Waals surface area contributed by atoms with Crippen LogP contribution in [0.1, 0.15) is 23.2 Å². The maximum Gasteiger partial charge on any atom is 0.292 e. The summed E-state index contributed by atoms with van der Waals surface area (Å²) in [5.74, 6) is -0.530. The van der Waals surface area contributed by atoms with E-state index >= 15 is 0 Å². The van der Waals surface area contributed by atoms with Gasteiger partial charge in [-0.2, -0.15) is 0 Å². The molecule has 8 heteroatoms. The van der Waals surface area contributed by atoms with Gasteiger partial charge in [0.05, 0.1) is 5.56 Å². The number of aromatic amines is 1. The molecule has 1 fully saturated rings. The largest absolute Gasteiger partial charge is 0.360 e. The van der Waals surface area contributed by atoms with Gasteiger partial charge in [-0.3, -0.25) is 14.4 Å². The van der Waals surface area contributed by atoms with Crippen LogP contribution in [0.15, 0.2) is 65.8 Å². The molecule has 2 N–H and O–H groups in total. The van der Waals surface area contributed by atoms with Crippen molar-refractivity contribution in [2.24, 2.45) is 0 Å². The Morgan fingerprint density at radius 1 is 0.971 bits per heavy atom. The number of H-pyrrole nitrogens is 1. The monoisotopic (exact) mass is 474 g/mol. The molecule has 0 bridgehead atoms. The van der Waals surface area contributed by atoms with Crippen molar-refractivity contribution in [3.05, 3.63) is 66.5 Å². The number of Topliss-reactive ketones (excluding diaryl/α,β-unsaturated/α-hetero) is 1. The summed E-state index contributed by atoms with van der Waals surface area (Å²) in [4.78, 5) is 44.5. The van der Waals surface area contributed by atoms with E-state index in [1.165, 1.54) is 0 Å². The van der Waals surface area contributed by atoms with Crippen molar-refractivity contribution >= 4 is 51.2 Å². The second-order valence-corrected chi connectivity index (χ2v) is 9.54. The number of carbonyl (C=O) groups is 3. The number of aromatic nitrogens is 2. The first-order chi connectivity index (χ1) is 16.6. The van der Waals surface area contributed by atoms with Crippen molar-refractivity contribution in [1.82, 2.24) is 19.8 Å². The highest BCUT2D eigenvalue weighted by atomic mass is 32.2. The van der Waals surface area contributed by atoms with Crippen LogP contribution in [0.2, 0.25) is 0 Å². The average Bonchev–Trinajstić information content (AvgIpc) is 3.61. The Bertz CT molecular complexity index is 1370. The smallest absolute Gasteiger partial charge is 0.292 e. The first-order valence-corrected chi connectivity index (χ1v) is 12.5. The summed E-state index contributed by atoms with van der Waals surface area (Å²) in [6.45, 7) is 2.10. The number of rotatable bonds is 8. The lowest BCUT2D eigenvalue weighted by Crippen LogP contribution is -2.32. The molecule has 1 aliphatic rings. The Balaban J connectivity index is 1.23. The van der Waals surface area contributed by atoms with Gasteiger partial charge in [0.1, 0.15) is 6.54 Å². The highest BCUT2D eigenvalue weighted by Gasteiger charge is 2.23. The van der Waals surface area contributed by atoms with Crippen LogP contribution in [0, 0.1) is 0 Å². The number of likely N-dealkylation sites (tertiary alicyclic amines) is 1. The lowest BCUT2D eigenvalue weighted by atomic mass is 10.1. The van der Waals surface area contributed by atoms with Crippen LogP contribution in [-0.2, 0) is 16.1 Å². The van der Waals surface area contributed by atoms with E-state index in [2.05, 4.69) is 16.4 Å². The quantitative estimate of drug-likeness (QED) is 0.176. The Kier molecular flexibility index (Phi) is 6.40. The highest BCUT2D eigenvalue weighted by Crippen LogP contribution is 2.27. The van der Waals surface area contributed by atoms with Gasteiger partial charge in [0, 0.05) is 64.5 Å². The molecule has 1 aliphatic heterocycles. The predicted molar refractivity (Wildman–Crippen MR) is 134 cm³/mol. The van der Waals surface area contributed by atoms with Crippen LogP contribution in [-0.4, -0.2) is 57.4 Å². The van der Waals surface area contributed by atoms with E-state index in [9.17, 15) is 14.4 Å². The lowest BCUT2D eigenvalue weighted by Gasteiger charge is -2.15. The van der Waals surface area contributed by atoms with Gasteiger partial charge in [0.25, 0.3) is 11.7 Å². The van der Waals surface area contributed by atoms with Crippen LogP contribution in [0.4, 0.5) is 0 Å². The van der Waals surface area contributed by atoms with E-state index in [4.69, 9.17) is 0 Å². The van der Waals surface area contributed by atoms with Crippen molar-refractivity contribution in [1.29, 1.82) is 0 Å². The maximum absolute atomic E-state index is 13.0. The Hall–Kier alpha value is -3.52. The van der Waals surface area contributed by atoms with Crippen LogP contribution >= 0.6 is 11.8 Å². The molecule has 2 amide bonds. The third-order valence-electron chi connectivity index (χ3n) is 6.20. The van der Waals surface area contributed by atoms with Gasteiger partial charge in [-0.25, -0.2) is 0 Å². The molecule has 3 heterocycles. The summed E-state index contributed by atoms with van der Waals surface area (Å²) in [6.07, 6.45) is 5.66. The Labute approximate surface area is 201 Å². The minimum Gasteiger partial charge on any atom is -0.360 e. The van der Waals surface area contributed by atoms with Crippen molar-refractivity contribution in [2.75, 3.05) is 25.4 Å². The number of nitrogens with one attached hydrogen (secondary N) is 2. The zero-order chi connectivity index (χ0) is 23.5. The molecule has 7 nitrogen and oxygen atoms in total. The number of hydrogen-bond donors (Lipinski definition) is 2. The second kappa shape index (κ2) is 9.77. The standard InChI is InChI=1S/C26H26N4O3S/c31-24(29-12-5-6-13-29)17-30-16-20(18-7-2-4-10-22(18)30)25(32)26(33)27-11-14-34-23-15-28-21-9-3-1-8-19(21)23/h1-4,7-10,15-16,28H,5-6,11-14,17H2,(H,27,33). The van der Waals surface area contributed by atoms with Crippen molar-refractivity contribution in [2.45, 2.75) is 24.3 Å². The molecule has 174 valence electrons. The molecule has 1 saturated heterocycles. The number of benzene rings is 2. The van der Waals surface area contributed by atoms with Crippen LogP contribution in [0.3, 0.4) is 0 Å². The number of nitrogens with zero attached hydrogens (tertiary/aromatic N) is 2. The van der Waals surface area contributed by atoms with Crippen LogP contribution in [0.5, 0.6) is 0 Å². The third kappa shape index (κ3) is 4.46. The molecule has 4 aromatic rings. The van der Waals surface area contributed by atoms with Gasteiger partial charge in [0.2, 0.25) is 5.91 Å². The fourth-order valence-electron chi connectivity index (χ4n) is 4.46. The third-order valence-corrected chi connectivity index (χ3v) is 7.26. The number of hydrogen-bond acceptors (Lipinski definition) is 4. The summed E-state index contributed by atoms with van der Waals surface area (Å²) in [5.41, 5.74) is 2.18. The molecule has 34 heavy (non-hydrogen) atoms. The van der Waals surface area contributed by atoms with E-state index in [1.807, 2.05) is 53.6 Å². The molecular weight excluding hydrogens is 448 g/mol. The molecule has 2 aromatic carbocycles. The molecule has 0 unspecified atom stereocenters. The Morgan fingerprint density at radius 2 is 1.71 bits per heavy atom. The summed E-state index contributed by atoms with van der Waals surface area (Å²) < 4.78 is 1.78. The first-order valence-electron chi connectivity index (χ1n) is 11.5. The van der Waals surface area contributed by atoms with Crippen LogP contribution in [0.25, 0.3) is 21.8 Å². The summed E-state index contributed by atoms with van der Waals surface area (Å²) in [7, 11) is 0. The molecule has 0 atom stereocenters. The number of thioether (sulfide) groups is 1. The van der Waals surface area contributed by atoms with Crippen molar-refractivity contribution in [3.8, 4) is 0 Å². The van der Waals surface area contributed by atoms with E-state index in [0.29, 0.717) is 23.2 Å². The molecule has 5 rings (SSSR count). The fourth-order valence-corrected chi connectivity index (χ4v) is 5.36. The minimum absolute atomic E-state index is 0.0380. The number of para-hydroxylation sites is 2. The van der Waals surface area contributed by atoms with Gasteiger partial charge < -0.3 is 19.8 Å². The molecule has 0 saturated carbocycles. The van der Waals surface area contributed by atoms with E-state index < -0.39 is 11.7 Å². The van der Waals surface area contributed by atoms with E-state index in [0.717, 1.165) is 47.2 Å². The van der Waals surface area contributed by atoms with Gasteiger partial charge in [0.15, 0.2) is 0 Å². The molecule has 2 aromatic heterocycles. The SMILES string of the molecule is O=C(NCCSc1c[nH]c2ccccc12)C(=O)c1cn(CC(=O)N2CCCC2)c2ccccc12. The minimum atomic E-state index is -0.631.